The zero-order valence-corrected chi connectivity index (χ0v) is 12.7. The van der Waals surface area contributed by atoms with Crippen LogP contribution in [-0.4, -0.2) is 24.4 Å². The minimum Gasteiger partial charge on any atom is -0.447 e. The number of rotatable bonds is 3. The van der Waals surface area contributed by atoms with Crippen molar-refractivity contribution in [2.45, 2.75) is 13.2 Å². The number of hydrogen-bond acceptors (Lipinski definition) is 3. The Hall–Kier alpha value is -2.63. The van der Waals surface area contributed by atoms with Crippen molar-refractivity contribution in [3.63, 3.8) is 0 Å². The molecule has 2 aromatic rings. The number of amides is 1. The largest absolute Gasteiger partial charge is 0.447 e. The van der Waals surface area contributed by atoms with Gasteiger partial charge in [-0.1, -0.05) is 0 Å². The van der Waals surface area contributed by atoms with Crippen molar-refractivity contribution in [1.82, 2.24) is 4.90 Å². The van der Waals surface area contributed by atoms with Crippen molar-refractivity contribution < 1.29 is 23.0 Å². The van der Waals surface area contributed by atoms with E-state index in [0.29, 0.717) is 12.1 Å². The van der Waals surface area contributed by atoms with Crippen LogP contribution < -0.4 is 9.47 Å². The molecule has 0 saturated carbocycles. The summed E-state index contributed by atoms with van der Waals surface area (Å²) in [5, 5.41) is 0. The summed E-state index contributed by atoms with van der Waals surface area (Å²) >= 11 is 0. The summed E-state index contributed by atoms with van der Waals surface area (Å²) < 4.78 is 38.2. The van der Waals surface area contributed by atoms with Gasteiger partial charge in [0.25, 0.3) is 12.2 Å². The molecule has 0 spiro atoms. The standard InChI is InChI=1S/C17H15F2NO3/c1-3-20(2)16(21)12-8-14-15(9-13(12)19)23-17(22-14)10-4-6-11(18)7-5-10/h4-9,17H,3H2,1-2H3. The first kappa shape index (κ1) is 15.3. The average Bonchev–Trinajstić information content (AvgIpc) is 2.96. The maximum Gasteiger partial charge on any atom is 0.267 e. The van der Waals surface area contributed by atoms with Gasteiger partial charge in [0.1, 0.15) is 11.6 Å². The molecule has 0 radical (unpaired) electrons. The van der Waals surface area contributed by atoms with Gasteiger partial charge in [0, 0.05) is 25.2 Å². The molecule has 0 saturated heterocycles. The molecule has 0 N–H and O–H groups in total. The highest BCUT2D eigenvalue weighted by Crippen LogP contribution is 2.42. The van der Waals surface area contributed by atoms with E-state index in [1.807, 2.05) is 0 Å². The molecule has 2 aromatic carbocycles. The number of halogens is 2. The van der Waals surface area contributed by atoms with Gasteiger partial charge >= 0.3 is 0 Å². The summed E-state index contributed by atoms with van der Waals surface area (Å²) in [6.07, 6.45) is -0.792. The van der Waals surface area contributed by atoms with Crippen LogP contribution in [0, 0.1) is 11.6 Å². The van der Waals surface area contributed by atoms with Crippen LogP contribution in [-0.2, 0) is 0 Å². The summed E-state index contributed by atoms with van der Waals surface area (Å²) in [6.45, 7) is 2.26. The normalized spacial score (nSPS) is 15.6. The van der Waals surface area contributed by atoms with Gasteiger partial charge in [0.2, 0.25) is 0 Å². The molecule has 3 rings (SSSR count). The van der Waals surface area contributed by atoms with E-state index in [2.05, 4.69) is 0 Å². The van der Waals surface area contributed by atoms with Gasteiger partial charge in [-0.15, -0.1) is 0 Å². The lowest BCUT2D eigenvalue weighted by molar-refractivity contribution is 0.0485. The fourth-order valence-electron chi connectivity index (χ4n) is 2.24. The second-order valence-corrected chi connectivity index (χ2v) is 5.22. The number of benzene rings is 2. The molecule has 23 heavy (non-hydrogen) atoms. The number of hydrogen-bond donors (Lipinski definition) is 0. The molecule has 1 aliphatic heterocycles. The van der Waals surface area contributed by atoms with Crippen LogP contribution in [0.15, 0.2) is 36.4 Å². The van der Waals surface area contributed by atoms with Gasteiger partial charge in [-0.2, -0.15) is 0 Å². The number of carbonyl (C=O) groups is 1. The molecule has 120 valence electrons. The highest BCUT2D eigenvalue weighted by Gasteiger charge is 2.29. The van der Waals surface area contributed by atoms with Crippen LogP contribution >= 0.6 is 0 Å². The Bertz CT molecular complexity index is 746. The Labute approximate surface area is 132 Å². The van der Waals surface area contributed by atoms with E-state index in [1.54, 1.807) is 14.0 Å². The molecule has 1 atom stereocenters. The highest BCUT2D eigenvalue weighted by molar-refractivity contribution is 5.95. The Kier molecular flexibility index (Phi) is 3.90. The zero-order valence-electron chi connectivity index (χ0n) is 12.7. The highest BCUT2D eigenvalue weighted by atomic mass is 19.1. The van der Waals surface area contributed by atoms with E-state index in [1.165, 1.54) is 35.2 Å². The van der Waals surface area contributed by atoms with Crippen LogP contribution in [0.2, 0.25) is 0 Å². The van der Waals surface area contributed by atoms with Crippen LogP contribution in [0.4, 0.5) is 8.78 Å². The smallest absolute Gasteiger partial charge is 0.267 e. The first-order valence-electron chi connectivity index (χ1n) is 7.17. The third-order valence-electron chi connectivity index (χ3n) is 3.70. The number of ether oxygens (including phenoxy) is 2. The minimum absolute atomic E-state index is 0.0727. The second kappa shape index (κ2) is 5.87. The van der Waals surface area contributed by atoms with E-state index in [-0.39, 0.29) is 22.9 Å². The number of fused-ring (bicyclic) bond motifs is 1. The van der Waals surface area contributed by atoms with E-state index < -0.39 is 18.0 Å². The fraction of sp³-hybridized carbons (Fsp3) is 0.235. The SMILES string of the molecule is CCN(C)C(=O)c1cc2c(cc1F)OC(c1ccc(F)cc1)O2. The van der Waals surface area contributed by atoms with Gasteiger partial charge in [0.05, 0.1) is 5.56 Å². The topological polar surface area (TPSA) is 38.8 Å². The van der Waals surface area contributed by atoms with Crippen LogP contribution in [0.3, 0.4) is 0 Å². The quantitative estimate of drug-likeness (QED) is 0.869. The van der Waals surface area contributed by atoms with Crippen molar-refractivity contribution in [2.24, 2.45) is 0 Å². The molecule has 0 fully saturated rings. The minimum atomic E-state index is -0.792. The van der Waals surface area contributed by atoms with Crippen LogP contribution in [0.1, 0.15) is 29.1 Å². The van der Waals surface area contributed by atoms with E-state index >= 15 is 0 Å². The zero-order chi connectivity index (χ0) is 16.6. The Morgan fingerprint density at radius 2 is 1.74 bits per heavy atom. The van der Waals surface area contributed by atoms with Crippen LogP contribution in [0.25, 0.3) is 0 Å². The Morgan fingerprint density at radius 3 is 2.35 bits per heavy atom. The molecule has 6 heteroatoms. The van der Waals surface area contributed by atoms with Gasteiger partial charge in [-0.25, -0.2) is 8.78 Å². The molecule has 1 amide bonds. The predicted octanol–water partition coefficient (Wildman–Crippen LogP) is 3.53. The van der Waals surface area contributed by atoms with Gasteiger partial charge in [0.15, 0.2) is 11.5 Å². The fourth-order valence-corrected chi connectivity index (χ4v) is 2.24. The van der Waals surface area contributed by atoms with Gasteiger partial charge in [-0.05, 0) is 37.3 Å². The monoisotopic (exact) mass is 319 g/mol. The lowest BCUT2D eigenvalue weighted by Crippen LogP contribution is -2.27. The van der Waals surface area contributed by atoms with Crippen molar-refractivity contribution in [2.75, 3.05) is 13.6 Å². The molecule has 0 aliphatic carbocycles. The molecule has 0 bridgehead atoms. The van der Waals surface area contributed by atoms with Crippen molar-refractivity contribution in [1.29, 1.82) is 0 Å². The molecular formula is C17H15F2NO3. The second-order valence-electron chi connectivity index (χ2n) is 5.22. The molecule has 0 aromatic heterocycles. The van der Waals surface area contributed by atoms with Crippen molar-refractivity contribution in [3.8, 4) is 11.5 Å². The lowest BCUT2D eigenvalue weighted by atomic mass is 10.1. The molecular weight excluding hydrogens is 304 g/mol. The van der Waals surface area contributed by atoms with Crippen LogP contribution in [0.5, 0.6) is 11.5 Å². The maximum absolute atomic E-state index is 14.1. The molecule has 4 nitrogen and oxygen atoms in total. The predicted molar refractivity (Wildman–Crippen MR) is 79.4 cm³/mol. The molecule has 1 heterocycles. The third-order valence-corrected chi connectivity index (χ3v) is 3.70. The summed E-state index contributed by atoms with van der Waals surface area (Å²) in [5.74, 6) is -0.967. The van der Waals surface area contributed by atoms with E-state index in [9.17, 15) is 13.6 Å². The number of carbonyl (C=O) groups excluding carboxylic acids is 1. The Morgan fingerprint density at radius 1 is 1.13 bits per heavy atom. The third kappa shape index (κ3) is 2.84. The lowest BCUT2D eigenvalue weighted by Gasteiger charge is -2.15. The Balaban J connectivity index is 1.88. The van der Waals surface area contributed by atoms with E-state index in [4.69, 9.17) is 9.47 Å². The summed E-state index contributed by atoms with van der Waals surface area (Å²) in [7, 11) is 1.59. The first-order chi connectivity index (χ1) is 11.0. The van der Waals surface area contributed by atoms with Crippen molar-refractivity contribution >= 4 is 5.91 Å². The van der Waals surface area contributed by atoms with Gasteiger partial charge in [-0.3, -0.25) is 4.79 Å². The summed E-state index contributed by atoms with van der Waals surface area (Å²) in [6, 6.07) is 8.10. The van der Waals surface area contributed by atoms with E-state index in [0.717, 1.165) is 6.07 Å². The summed E-state index contributed by atoms with van der Waals surface area (Å²) in [5.41, 5.74) is 0.526. The molecule has 1 aliphatic rings. The maximum atomic E-state index is 14.1. The number of nitrogens with zero attached hydrogens (tertiary/aromatic N) is 1. The first-order valence-corrected chi connectivity index (χ1v) is 7.17. The molecule has 1 unspecified atom stereocenters. The average molecular weight is 319 g/mol. The van der Waals surface area contributed by atoms with Gasteiger partial charge < -0.3 is 14.4 Å². The van der Waals surface area contributed by atoms with Crippen molar-refractivity contribution in [3.05, 3.63) is 59.2 Å². The summed E-state index contributed by atoms with van der Waals surface area (Å²) in [4.78, 5) is 13.5.